The van der Waals surface area contributed by atoms with Gasteiger partial charge in [-0.05, 0) is 30.7 Å². The second kappa shape index (κ2) is 12.6. The molecule has 1 unspecified atom stereocenters. The van der Waals surface area contributed by atoms with Crippen molar-refractivity contribution in [3.05, 3.63) is 42.2 Å². The van der Waals surface area contributed by atoms with Crippen LogP contribution in [0.1, 0.15) is 43.2 Å². The van der Waals surface area contributed by atoms with Crippen LogP contribution in [0.2, 0.25) is 0 Å². The van der Waals surface area contributed by atoms with Crippen LogP contribution in [0.15, 0.2) is 40.8 Å². The monoisotopic (exact) mass is 485 g/mol. The maximum atomic E-state index is 12.4. The molecule has 1 heterocycles. The van der Waals surface area contributed by atoms with E-state index in [-0.39, 0.29) is 36.7 Å². The van der Waals surface area contributed by atoms with Gasteiger partial charge in [-0.1, -0.05) is 38.3 Å². The lowest BCUT2D eigenvalue weighted by molar-refractivity contribution is -0.274. The molecule has 0 fully saturated rings. The summed E-state index contributed by atoms with van der Waals surface area (Å²) in [6, 6.07) is 7.85. The molecule has 0 spiro atoms. The topological polar surface area (TPSA) is 121 Å². The first-order valence-electron chi connectivity index (χ1n) is 10.6. The number of nitrogens with zero attached hydrogens (tertiary/aromatic N) is 1. The number of furan rings is 1. The Balaban J connectivity index is 1.92. The van der Waals surface area contributed by atoms with Crippen molar-refractivity contribution < 1.29 is 41.9 Å². The highest BCUT2D eigenvalue weighted by Crippen LogP contribution is 2.29. The molecule has 0 aliphatic rings. The number of carbonyl (C=O) groups is 3. The number of benzene rings is 1. The van der Waals surface area contributed by atoms with E-state index in [1.807, 2.05) is 6.92 Å². The summed E-state index contributed by atoms with van der Waals surface area (Å²) in [5.74, 6) is -2.16. The first-order chi connectivity index (χ1) is 16.1. The van der Waals surface area contributed by atoms with Crippen LogP contribution in [0, 0.1) is 5.92 Å². The van der Waals surface area contributed by atoms with E-state index in [2.05, 4.69) is 15.4 Å². The summed E-state index contributed by atoms with van der Waals surface area (Å²) in [6.45, 7) is 1.59. The Morgan fingerprint density at radius 3 is 2.65 bits per heavy atom. The maximum Gasteiger partial charge on any atom is 0.573 e. The van der Waals surface area contributed by atoms with Gasteiger partial charge in [-0.3, -0.25) is 19.6 Å². The standard InChI is InChI=1S/C22H26F3N3O6/c1-2-3-4-6-16(12-28(32)14-29)20(30)26-13-27-21(31)19-10-9-18(33-19)15-7-5-8-17(11-15)34-22(23,24)25/h5,7-11,14,16,32H,2-4,6,12-13H2,1H3,(H,26,30)(H,27,31). The Kier molecular flexibility index (Phi) is 9.92. The number of hydrogen-bond acceptors (Lipinski definition) is 6. The van der Waals surface area contributed by atoms with E-state index in [0.29, 0.717) is 11.5 Å². The number of hydroxylamine groups is 2. The fourth-order valence-electron chi connectivity index (χ4n) is 3.12. The van der Waals surface area contributed by atoms with Gasteiger partial charge in [0.1, 0.15) is 11.5 Å². The molecule has 3 amide bonds. The summed E-state index contributed by atoms with van der Waals surface area (Å²) in [7, 11) is 0. The molecular weight excluding hydrogens is 459 g/mol. The number of rotatable bonds is 13. The molecule has 0 saturated carbocycles. The van der Waals surface area contributed by atoms with Crippen molar-refractivity contribution in [1.82, 2.24) is 15.7 Å². The smallest absolute Gasteiger partial charge is 0.451 e. The van der Waals surface area contributed by atoms with Gasteiger partial charge in [-0.15, -0.1) is 13.2 Å². The van der Waals surface area contributed by atoms with Crippen molar-refractivity contribution in [2.45, 2.75) is 39.0 Å². The highest BCUT2D eigenvalue weighted by atomic mass is 19.4. The minimum Gasteiger partial charge on any atom is -0.451 e. The van der Waals surface area contributed by atoms with E-state index in [4.69, 9.17) is 4.42 Å². The van der Waals surface area contributed by atoms with E-state index < -0.39 is 29.8 Å². The van der Waals surface area contributed by atoms with Gasteiger partial charge in [0.25, 0.3) is 5.91 Å². The predicted molar refractivity (Wildman–Crippen MR) is 113 cm³/mol. The second-order valence-corrected chi connectivity index (χ2v) is 7.38. The predicted octanol–water partition coefficient (Wildman–Crippen LogP) is 3.69. The third-order valence-corrected chi connectivity index (χ3v) is 4.75. The quantitative estimate of drug-likeness (QED) is 0.131. The minimum atomic E-state index is -4.84. The number of nitrogens with one attached hydrogen (secondary N) is 2. The van der Waals surface area contributed by atoms with Crippen LogP contribution < -0.4 is 15.4 Å². The molecule has 186 valence electrons. The van der Waals surface area contributed by atoms with Crippen LogP contribution in [0.3, 0.4) is 0 Å². The molecule has 9 nitrogen and oxygen atoms in total. The van der Waals surface area contributed by atoms with Crippen LogP contribution in [-0.2, 0) is 9.59 Å². The Labute approximate surface area is 193 Å². The third-order valence-electron chi connectivity index (χ3n) is 4.75. The van der Waals surface area contributed by atoms with Crippen molar-refractivity contribution >= 4 is 18.2 Å². The summed E-state index contributed by atoms with van der Waals surface area (Å²) >= 11 is 0. The number of hydrogen-bond donors (Lipinski definition) is 3. The van der Waals surface area contributed by atoms with E-state index in [1.165, 1.54) is 24.3 Å². The summed E-state index contributed by atoms with van der Waals surface area (Å²) in [5, 5.41) is 14.8. The molecule has 1 atom stereocenters. The van der Waals surface area contributed by atoms with Crippen molar-refractivity contribution in [1.29, 1.82) is 0 Å². The highest BCUT2D eigenvalue weighted by Gasteiger charge is 2.31. The lowest BCUT2D eigenvalue weighted by Gasteiger charge is -2.19. The number of carbonyl (C=O) groups excluding carboxylic acids is 3. The van der Waals surface area contributed by atoms with Gasteiger partial charge < -0.3 is 19.8 Å². The molecule has 1 aromatic heterocycles. The highest BCUT2D eigenvalue weighted by molar-refractivity contribution is 5.92. The van der Waals surface area contributed by atoms with E-state index >= 15 is 0 Å². The molecule has 0 aliphatic heterocycles. The Morgan fingerprint density at radius 2 is 1.97 bits per heavy atom. The molecule has 12 heteroatoms. The fraction of sp³-hybridized carbons (Fsp3) is 0.409. The summed E-state index contributed by atoms with van der Waals surface area (Å²) < 4.78 is 46.5. The van der Waals surface area contributed by atoms with Gasteiger partial charge in [0.05, 0.1) is 19.1 Å². The van der Waals surface area contributed by atoms with Crippen LogP contribution in [0.5, 0.6) is 5.75 Å². The van der Waals surface area contributed by atoms with E-state index in [9.17, 15) is 32.8 Å². The molecular formula is C22H26F3N3O6. The first-order valence-corrected chi connectivity index (χ1v) is 10.6. The van der Waals surface area contributed by atoms with Gasteiger partial charge in [0.15, 0.2) is 5.76 Å². The largest absolute Gasteiger partial charge is 0.573 e. The van der Waals surface area contributed by atoms with Crippen molar-refractivity contribution in [3.8, 4) is 17.1 Å². The zero-order valence-corrected chi connectivity index (χ0v) is 18.4. The zero-order valence-electron chi connectivity index (χ0n) is 18.4. The SMILES string of the molecule is CCCCCC(CN(O)C=O)C(=O)NCNC(=O)c1ccc(-c2cccc(OC(F)(F)F)c2)o1. The molecule has 2 rings (SSSR count). The Bertz CT molecular complexity index is 963. The summed E-state index contributed by atoms with van der Waals surface area (Å²) in [5.41, 5.74) is 0.271. The average molecular weight is 485 g/mol. The first kappa shape index (κ1) is 26.7. The molecule has 0 bridgehead atoms. The normalized spacial score (nSPS) is 12.0. The van der Waals surface area contributed by atoms with Crippen molar-refractivity contribution in [2.75, 3.05) is 13.2 Å². The zero-order chi connectivity index (χ0) is 25.1. The molecule has 0 radical (unpaired) electrons. The Hall–Kier alpha value is -3.54. The van der Waals surface area contributed by atoms with Crippen LogP contribution >= 0.6 is 0 Å². The van der Waals surface area contributed by atoms with Gasteiger partial charge in [-0.25, -0.2) is 5.06 Å². The molecule has 3 N–H and O–H groups in total. The van der Waals surface area contributed by atoms with Crippen LogP contribution in [0.4, 0.5) is 13.2 Å². The second-order valence-electron chi connectivity index (χ2n) is 7.38. The summed E-state index contributed by atoms with van der Waals surface area (Å²) in [4.78, 5) is 35.4. The van der Waals surface area contributed by atoms with Crippen LogP contribution in [0.25, 0.3) is 11.3 Å². The number of unbranched alkanes of at least 4 members (excludes halogenated alkanes) is 2. The van der Waals surface area contributed by atoms with Crippen molar-refractivity contribution in [3.63, 3.8) is 0 Å². The fourth-order valence-corrected chi connectivity index (χ4v) is 3.12. The van der Waals surface area contributed by atoms with E-state index in [1.54, 1.807) is 0 Å². The Morgan fingerprint density at radius 1 is 1.21 bits per heavy atom. The lowest BCUT2D eigenvalue weighted by atomic mass is 10.0. The maximum absolute atomic E-state index is 12.4. The van der Waals surface area contributed by atoms with Crippen LogP contribution in [-0.4, -0.2) is 48.1 Å². The molecule has 34 heavy (non-hydrogen) atoms. The average Bonchev–Trinajstić information content (AvgIpc) is 3.28. The van der Waals surface area contributed by atoms with Gasteiger partial charge in [0, 0.05) is 5.56 Å². The number of ether oxygens (including phenoxy) is 1. The van der Waals surface area contributed by atoms with Gasteiger partial charge >= 0.3 is 6.36 Å². The number of halogens is 3. The van der Waals surface area contributed by atoms with Gasteiger partial charge in [-0.2, -0.15) is 0 Å². The minimum absolute atomic E-state index is 0.117. The van der Waals surface area contributed by atoms with Crippen molar-refractivity contribution in [2.24, 2.45) is 5.92 Å². The number of amides is 3. The van der Waals surface area contributed by atoms with Gasteiger partial charge in [0.2, 0.25) is 12.3 Å². The molecule has 0 aliphatic carbocycles. The summed E-state index contributed by atoms with van der Waals surface area (Å²) in [6.07, 6.45) is -1.61. The lowest BCUT2D eigenvalue weighted by Crippen LogP contribution is -2.42. The molecule has 1 aromatic carbocycles. The van der Waals surface area contributed by atoms with E-state index in [0.717, 1.165) is 31.4 Å². The third kappa shape index (κ3) is 8.77. The number of alkyl halides is 3. The molecule has 0 saturated heterocycles. The molecule has 2 aromatic rings.